The van der Waals surface area contributed by atoms with Crippen LogP contribution in [0.1, 0.15) is 5.69 Å². The molecule has 0 spiro atoms. The van der Waals surface area contributed by atoms with Gasteiger partial charge in [0, 0.05) is 11.1 Å². The maximum atomic E-state index is 10.8. The second-order valence-electron chi connectivity index (χ2n) is 4.19. The Balaban J connectivity index is 1.96. The molecule has 2 rings (SSSR count). The Labute approximate surface area is 133 Å². The summed E-state index contributed by atoms with van der Waals surface area (Å²) in [7, 11) is 1.33. The summed E-state index contributed by atoms with van der Waals surface area (Å²) in [5.74, 6) is -0.389. The summed E-state index contributed by atoms with van der Waals surface area (Å²) in [6.07, 6.45) is 11.8. The molecule has 0 saturated carbocycles. The topological polar surface area (TPSA) is 57.0 Å². The average molecular weight is 316 g/mol. The van der Waals surface area contributed by atoms with Crippen LogP contribution in [0.3, 0.4) is 0 Å². The van der Waals surface area contributed by atoms with Gasteiger partial charge in [0.15, 0.2) is 0 Å². The maximum Gasteiger partial charge on any atom is 0.330 e. The number of rotatable bonds is 5. The number of aromatic nitrogens is 3. The van der Waals surface area contributed by atoms with Crippen molar-refractivity contribution in [3.8, 4) is 5.69 Å². The molecule has 0 bridgehead atoms. The average Bonchev–Trinajstić information content (AvgIpc) is 3.00. The highest BCUT2D eigenvalue weighted by Gasteiger charge is 1.99. The molecule has 0 unspecified atom stereocenters. The number of carbonyl (C=O) groups excluding carboxylic acids is 1. The summed E-state index contributed by atoms with van der Waals surface area (Å²) in [6, 6.07) is 7.32. The lowest BCUT2D eigenvalue weighted by molar-refractivity contribution is -0.134. The zero-order chi connectivity index (χ0) is 15.8. The first-order valence-electron chi connectivity index (χ1n) is 6.46. The molecule has 22 heavy (non-hydrogen) atoms. The van der Waals surface area contributed by atoms with Crippen molar-refractivity contribution in [2.24, 2.45) is 0 Å². The number of benzene rings is 1. The van der Waals surface area contributed by atoms with Gasteiger partial charge in [-0.15, -0.1) is 5.10 Å². The largest absolute Gasteiger partial charge is 0.466 e. The van der Waals surface area contributed by atoms with Crippen LogP contribution in [0, 0.1) is 0 Å². The molecule has 0 amide bonds. The van der Waals surface area contributed by atoms with Crippen molar-refractivity contribution in [2.45, 2.75) is 0 Å². The minimum absolute atomic E-state index is 0.389. The van der Waals surface area contributed by atoms with Crippen molar-refractivity contribution in [1.82, 2.24) is 15.0 Å². The van der Waals surface area contributed by atoms with E-state index >= 15 is 0 Å². The van der Waals surface area contributed by atoms with E-state index in [1.807, 2.05) is 18.2 Å². The fourth-order valence-electron chi connectivity index (χ4n) is 1.56. The Morgan fingerprint density at radius 1 is 1.18 bits per heavy atom. The Bertz CT molecular complexity index is 715. The molecule has 0 N–H and O–H groups in total. The molecule has 1 heterocycles. The smallest absolute Gasteiger partial charge is 0.330 e. The second kappa shape index (κ2) is 7.95. The highest BCUT2D eigenvalue weighted by Crippen LogP contribution is 2.12. The van der Waals surface area contributed by atoms with Crippen LogP contribution >= 0.6 is 11.6 Å². The molecule has 1 aromatic carbocycles. The van der Waals surface area contributed by atoms with Gasteiger partial charge in [0.25, 0.3) is 0 Å². The third-order valence-electron chi connectivity index (χ3n) is 2.64. The number of hydrogen-bond donors (Lipinski definition) is 0. The molecular weight excluding hydrogens is 302 g/mol. The van der Waals surface area contributed by atoms with Gasteiger partial charge in [-0.2, -0.15) is 0 Å². The zero-order valence-electron chi connectivity index (χ0n) is 11.9. The summed E-state index contributed by atoms with van der Waals surface area (Å²) in [5.41, 5.74) is 1.60. The number of halogens is 1. The molecule has 0 aliphatic heterocycles. The van der Waals surface area contributed by atoms with Crippen LogP contribution in [0.4, 0.5) is 0 Å². The van der Waals surface area contributed by atoms with E-state index in [0.717, 1.165) is 11.4 Å². The molecule has 6 heteroatoms. The van der Waals surface area contributed by atoms with E-state index in [1.54, 1.807) is 47.3 Å². The van der Waals surface area contributed by atoms with Crippen molar-refractivity contribution in [3.05, 3.63) is 71.6 Å². The quantitative estimate of drug-likeness (QED) is 0.483. The van der Waals surface area contributed by atoms with Gasteiger partial charge in [0.1, 0.15) is 5.69 Å². The number of ether oxygens (including phenoxy) is 1. The minimum atomic E-state index is -0.389. The minimum Gasteiger partial charge on any atom is -0.466 e. The van der Waals surface area contributed by atoms with Crippen LogP contribution in [0.25, 0.3) is 11.8 Å². The normalized spacial score (nSPS) is 11.7. The summed E-state index contributed by atoms with van der Waals surface area (Å²) in [5, 5.41) is 8.76. The number of hydrogen-bond acceptors (Lipinski definition) is 4. The molecule has 5 nitrogen and oxygen atoms in total. The molecule has 1 aromatic heterocycles. The van der Waals surface area contributed by atoms with Gasteiger partial charge in [0.2, 0.25) is 0 Å². The number of allylic oxidation sites excluding steroid dienone is 4. The van der Waals surface area contributed by atoms with Crippen LogP contribution in [0.15, 0.2) is 60.8 Å². The Morgan fingerprint density at radius 3 is 2.64 bits per heavy atom. The van der Waals surface area contributed by atoms with E-state index in [1.165, 1.54) is 13.2 Å². The van der Waals surface area contributed by atoms with Gasteiger partial charge in [-0.05, 0) is 30.3 Å². The fourth-order valence-corrected chi connectivity index (χ4v) is 1.68. The van der Waals surface area contributed by atoms with Gasteiger partial charge in [-0.1, -0.05) is 41.1 Å². The van der Waals surface area contributed by atoms with Crippen molar-refractivity contribution >= 4 is 23.6 Å². The first kappa shape index (κ1) is 15.7. The lowest BCUT2D eigenvalue weighted by atomic mass is 10.3. The van der Waals surface area contributed by atoms with Crippen LogP contribution in [-0.4, -0.2) is 28.1 Å². The summed E-state index contributed by atoms with van der Waals surface area (Å²) >= 11 is 5.84. The standard InChI is InChI=1S/C16H14ClN3O2/c1-22-16(21)7-5-3-2-4-6-14-12-20(19-18-14)15-10-8-13(17)9-11-15/h2-12H,1H3/b3-2-,6-4+,7-5+. The second-order valence-corrected chi connectivity index (χ2v) is 4.63. The van der Waals surface area contributed by atoms with Crippen LogP contribution in [0.5, 0.6) is 0 Å². The van der Waals surface area contributed by atoms with E-state index in [4.69, 9.17) is 11.6 Å². The van der Waals surface area contributed by atoms with E-state index in [9.17, 15) is 4.79 Å². The molecule has 0 atom stereocenters. The zero-order valence-corrected chi connectivity index (χ0v) is 12.6. The first-order valence-corrected chi connectivity index (χ1v) is 6.84. The third kappa shape index (κ3) is 4.71. The highest BCUT2D eigenvalue weighted by atomic mass is 35.5. The Hall–Kier alpha value is -2.66. The highest BCUT2D eigenvalue weighted by molar-refractivity contribution is 6.30. The number of nitrogens with zero attached hydrogens (tertiary/aromatic N) is 3. The lowest BCUT2D eigenvalue weighted by Crippen LogP contribution is -1.93. The molecule has 0 saturated heterocycles. The van der Waals surface area contributed by atoms with Crippen LogP contribution < -0.4 is 0 Å². The van der Waals surface area contributed by atoms with E-state index in [-0.39, 0.29) is 5.97 Å². The van der Waals surface area contributed by atoms with Gasteiger partial charge in [0.05, 0.1) is 19.0 Å². The Morgan fingerprint density at radius 2 is 1.91 bits per heavy atom. The van der Waals surface area contributed by atoms with Crippen LogP contribution in [0.2, 0.25) is 5.02 Å². The SMILES string of the molecule is COC(=O)/C=C/C=C\C=C\c1cn(-c2ccc(Cl)cc2)nn1. The predicted octanol–water partition coefficient (Wildman–Crippen LogP) is 3.22. The molecule has 0 radical (unpaired) electrons. The summed E-state index contributed by atoms with van der Waals surface area (Å²) in [4.78, 5) is 10.8. The summed E-state index contributed by atoms with van der Waals surface area (Å²) < 4.78 is 6.13. The first-order chi connectivity index (χ1) is 10.7. The van der Waals surface area contributed by atoms with Crippen molar-refractivity contribution in [3.63, 3.8) is 0 Å². The monoisotopic (exact) mass is 315 g/mol. The van der Waals surface area contributed by atoms with E-state index in [2.05, 4.69) is 15.0 Å². The molecule has 0 aliphatic carbocycles. The van der Waals surface area contributed by atoms with Gasteiger partial charge in [-0.25, -0.2) is 9.48 Å². The molecule has 112 valence electrons. The van der Waals surface area contributed by atoms with Crippen molar-refractivity contribution in [1.29, 1.82) is 0 Å². The molecule has 0 aliphatic rings. The maximum absolute atomic E-state index is 10.8. The van der Waals surface area contributed by atoms with E-state index < -0.39 is 0 Å². The molecule has 0 fully saturated rings. The van der Waals surface area contributed by atoms with Gasteiger partial charge < -0.3 is 4.74 Å². The van der Waals surface area contributed by atoms with E-state index in [0.29, 0.717) is 5.02 Å². The molecule has 2 aromatic rings. The third-order valence-corrected chi connectivity index (χ3v) is 2.89. The van der Waals surface area contributed by atoms with Crippen LogP contribution in [-0.2, 0) is 9.53 Å². The molecular formula is C16H14ClN3O2. The summed E-state index contributed by atoms with van der Waals surface area (Å²) in [6.45, 7) is 0. The lowest BCUT2D eigenvalue weighted by Gasteiger charge is -1.98. The number of carbonyl (C=O) groups is 1. The van der Waals surface area contributed by atoms with Crippen molar-refractivity contribution < 1.29 is 9.53 Å². The van der Waals surface area contributed by atoms with Gasteiger partial charge >= 0.3 is 5.97 Å². The Kier molecular flexibility index (Phi) is 5.68. The fraction of sp³-hybridized carbons (Fsp3) is 0.0625. The van der Waals surface area contributed by atoms with Crippen molar-refractivity contribution in [2.75, 3.05) is 7.11 Å². The number of methoxy groups -OCH3 is 1. The van der Waals surface area contributed by atoms with Gasteiger partial charge in [-0.3, -0.25) is 0 Å². The predicted molar refractivity (Wildman–Crippen MR) is 85.7 cm³/mol. The number of esters is 1.